The summed E-state index contributed by atoms with van der Waals surface area (Å²) < 4.78 is 5.17. The Kier molecular flexibility index (Phi) is 4.37. The molecule has 142 valence electrons. The van der Waals surface area contributed by atoms with Gasteiger partial charge in [0.2, 0.25) is 11.1 Å². The van der Waals surface area contributed by atoms with Gasteiger partial charge in [-0.15, -0.1) is 5.10 Å². The second-order valence-corrected chi connectivity index (χ2v) is 8.98. The Morgan fingerprint density at radius 2 is 2.15 bits per heavy atom. The van der Waals surface area contributed by atoms with Crippen LogP contribution in [0.25, 0.3) is 0 Å². The van der Waals surface area contributed by atoms with Gasteiger partial charge in [-0.2, -0.15) is 5.10 Å². The van der Waals surface area contributed by atoms with Gasteiger partial charge in [-0.1, -0.05) is 38.6 Å². The molecule has 1 aromatic heterocycles. The third-order valence-electron chi connectivity index (χ3n) is 6.46. The van der Waals surface area contributed by atoms with Crippen LogP contribution in [0.3, 0.4) is 0 Å². The lowest BCUT2D eigenvalue weighted by Gasteiger charge is -2.33. The lowest BCUT2D eigenvalue weighted by molar-refractivity contribution is -0.113. The zero-order valence-corrected chi connectivity index (χ0v) is 16.9. The third-order valence-corrected chi connectivity index (χ3v) is 7.30. The number of methoxy groups -OCH3 is 1. The highest BCUT2D eigenvalue weighted by molar-refractivity contribution is 7.99. The Balaban J connectivity index is 1.44. The largest absolute Gasteiger partial charge is 0.497 e. The molecule has 1 aromatic carbocycles. The minimum atomic E-state index is -0.106. The molecule has 0 saturated heterocycles. The Bertz CT molecular complexity index is 901. The van der Waals surface area contributed by atoms with E-state index in [0.717, 1.165) is 24.2 Å². The maximum Gasteiger partial charge on any atom is 0.234 e. The number of anilines is 1. The number of rotatable bonds is 5. The van der Waals surface area contributed by atoms with E-state index in [1.807, 2.05) is 18.2 Å². The number of carbonyl (C=O) groups excluding carboxylic acids is 1. The van der Waals surface area contributed by atoms with Gasteiger partial charge < -0.3 is 10.1 Å². The Hall–Kier alpha value is -2.15. The van der Waals surface area contributed by atoms with E-state index < -0.39 is 0 Å². The van der Waals surface area contributed by atoms with Gasteiger partial charge in [0, 0.05) is 23.1 Å². The number of thioether (sulfide) groups is 1. The van der Waals surface area contributed by atoms with Crippen LogP contribution in [0.5, 0.6) is 5.75 Å². The molecule has 7 heteroatoms. The van der Waals surface area contributed by atoms with E-state index in [1.165, 1.54) is 11.8 Å². The van der Waals surface area contributed by atoms with Crippen molar-refractivity contribution in [2.24, 2.45) is 5.41 Å². The first-order valence-electron chi connectivity index (χ1n) is 9.17. The predicted octanol–water partition coefficient (Wildman–Crippen LogP) is 3.79. The van der Waals surface area contributed by atoms with Crippen LogP contribution in [0.2, 0.25) is 0 Å². The topological polar surface area (TPSA) is 77.0 Å². The lowest BCUT2D eigenvalue weighted by atomic mass is 9.70. The summed E-state index contributed by atoms with van der Waals surface area (Å²) in [5, 5.41) is 12.2. The standard InChI is InChI=1S/C20H24N4O2S/c1-19(2)14-8-9-20(19,3)17-16(14)23-24-18(22-17)27-11-15(25)21-12-6-5-7-13(10-12)26-4/h5-7,10,14H,8-9,11H2,1-4H3,(H,21,25)/t14-,20+/m0/s1. The van der Waals surface area contributed by atoms with Crippen LogP contribution in [0.4, 0.5) is 5.69 Å². The highest BCUT2D eigenvalue weighted by Crippen LogP contribution is 2.66. The molecule has 4 rings (SSSR count). The van der Waals surface area contributed by atoms with Crippen molar-refractivity contribution in [1.82, 2.24) is 15.2 Å². The minimum Gasteiger partial charge on any atom is -0.497 e. The molecule has 0 spiro atoms. The van der Waals surface area contributed by atoms with E-state index in [2.05, 4.69) is 36.3 Å². The van der Waals surface area contributed by atoms with Gasteiger partial charge in [-0.25, -0.2) is 4.98 Å². The van der Waals surface area contributed by atoms with Crippen LogP contribution in [0, 0.1) is 5.41 Å². The van der Waals surface area contributed by atoms with Crippen LogP contribution in [-0.2, 0) is 10.2 Å². The molecule has 2 aliphatic rings. The second kappa shape index (κ2) is 6.48. The Labute approximate surface area is 163 Å². The van der Waals surface area contributed by atoms with Gasteiger partial charge in [0.15, 0.2) is 0 Å². The number of benzene rings is 1. The van der Waals surface area contributed by atoms with E-state index in [-0.39, 0.29) is 22.5 Å². The number of hydrogen-bond acceptors (Lipinski definition) is 6. The normalized spacial score (nSPS) is 24.5. The maximum atomic E-state index is 12.3. The Morgan fingerprint density at radius 3 is 2.93 bits per heavy atom. The van der Waals surface area contributed by atoms with Gasteiger partial charge in [0.05, 0.1) is 24.3 Å². The molecule has 1 heterocycles. The van der Waals surface area contributed by atoms with Gasteiger partial charge in [0.1, 0.15) is 5.75 Å². The number of amides is 1. The van der Waals surface area contributed by atoms with Crippen LogP contribution in [0.1, 0.15) is 50.9 Å². The number of ether oxygens (including phenoxy) is 1. The summed E-state index contributed by atoms with van der Waals surface area (Å²) in [4.78, 5) is 17.1. The zero-order chi connectivity index (χ0) is 19.2. The third kappa shape index (κ3) is 2.88. The summed E-state index contributed by atoms with van der Waals surface area (Å²) in [5.41, 5.74) is 3.04. The smallest absolute Gasteiger partial charge is 0.234 e. The number of fused-ring (bicyclic) bond motifs is 5. The predicted molar refractivity (Wildman–Crippen MR) is 105 cm³/mol. The summed E-state index contributed by atoms with van der Waals surface area (Å²) in [6.45, 7) is 6.91. The van der Waals surface area contributed by atoms with E-state index >= 15 is 0 Å². The molecular weight excluding hydrogens is 360 g/mol. The number of aromatic nitrogens is 3. The molecule has 1 N–H and O–H groups in total. The van der Waals surface area contributed by atoms with Crippen molar-refractivity contribution in [3.05, 3.63) is 35.7 Å². The minimum absolute atomic E-state index is 0.0428. The number of hydrogen-bond donors (Lipinski definition) is 1. The second-order valence-electron chi connectivity index (χ2n) is 8.04. The molecule has 0 radical (unpaired) electrons. The highest BCUT2D eigenvalue weighted by atomic mass is 32.2. The van der Waals surface area contributed by atoms with Gasteiger partial charge in [0.25, 0.3) is 0 Å². The molecule has 1 fully saturated rings. The molecule has 0 unspecified atom stereocenters. The summed E-state index contributed by atoms with van der Waals surface area (Å²) in [7, 11) is 1.60. The van der Waals surface area contributed by atoms with Crippen molar-refractivity contribution in [1.29, 1.82) is 0 Å². The van der Waals surface area contributed by atoms with Crippen molar-refractivity contribution in [3.8, 4) is 5.75 Å². The number of carbonyl (C=O) groups is 1. The van der Waals surface area contributed by atoms with Crippen LogP contribution < -0.4 is 10.1 Å². The number of nitrogens with zero attached hydrogens (tertiary/aromatic N) is 3. The molecule has 1 saturated carbocycles. The van der Waals surface area contributed by atoms with Crippen LogP contribution in [-0.4, -0.2) is 34.0 Å². The first kappa shape index (κ1) is 18.2. The molecule has 2 aliphatic carbocycles. The monoisotopic (exact) mass is 384 g/mol. The molecule has 27 heavy (non-hydrogen) atoms. The summed E-state index contributed by atoms with van der Waals surface area (Å²) in [6, 6.07) is 7.30. The maximum absolute atomic E-state index is 12.3. The van der Waals surface area contributed by atoms with E-state index in [9.17, 15) is 4.79 Å². The fourth-order valence-electron chi connectivity index (χ4n) is 4.45. The van der Waals surface area contributed by atoms with Crippen molar-refractivity contribution in [2.75, 3.05) is 18.2 Å². The molecule has 2 aromatic rings. The summed E-state index contributed by atoms with van der Waals surface area (Å²) in [5.74, 6) is 1.28. The van der Waals surface area contributed by atoms with Crippen LogP contribution >= 0.6 is 11.8 Å². The van der Waals surface area contributed by atoms with Gasteiger partial charge in [-0.3, -0.25) is 4.79 Å². The van der Waals surface area contributed by atoms with Crippen molar-refractivity contribution >= 4 is 23.4 Å². The van der Waals surface area contributed by atoms with Crippen LogP contribution in [0.15, 0.2) is 29.4 Å². The molecule has 1 amide bonds. The quantitative estimate of drug-likeness (QED) is 0.791. The average molecular weight is 385 g/mol. The summed E-state index contributed by atoms with van der Waals surface area (Å²) >= 11 is 1.32. The molecule has 2 atom stereocenters. The van der Waals surface area contributed by atoms with E-state index in [4.69, 9.17) is 9.72 Å². The first-order chi connectivity index (χ1) is 12.8. The number of nitrogens with one attached hydrogen (secondary N) is 1. The lowest BCUT2D eigenvalue weighted by Crippen LogP contribution is -2.32. The Morgan fingerprint density at radius 1 is 1.33 bits per heavy atom. The summed E-state index contributed by atoms with van der Waals surface area (Å²) in [6.07, 6.45) is 2.29. The first-order valence-corrected chi connectivity index (χ1v) is 10.2. The van der Waals surface area contributed by atoms with Crippen molar-refractivity contribution in [2.45, 2.75) is 50.1 Å². The molecule has 2 bridgehead atoms. The van der Waals surface area contributed by atoms with E-state index in [1.54, 1.807) is 13.2 Å². The van der Waals surface area contributed by atoms with Crippen molar-refractivity contribution < 1.29 is 9.53 Å². The highest BCUT2D eigenvalue weighted by Gasteiger charge is 2.61. The van der Waals surface area contributed by atoms with E-state index in [0.29, 0.717) is 22.5 Å². The SMILES string of the molecule is COc1cccc(NC(=O)CSc2nnc3c(n2)[C@@]2(C)CC[C@@H]3C2(C)C)c1. The molecular formula is C20H24N4O2S. The van der Waals surface area contributed by atoms with Gasteiger partial charge in [-0.05, 0) is 30.4 Å². The molecule has 0 aliphatic heterocycles. The average Bonchev–Trinajstić information content (AvgIpc) is 2.99. The fraction of sp³-hybridized carbons (Fsp3) is 0.500. The van der Waals surface area contributed by atoms with Crippen molar-refractivity contribution in [3.63, 3.8) is 0 Å². The fourth-order valence-corrected chi connectivity index (χ4v) is 5.04. The van der Waals surface area contributed by atoms with Gasteiger partial charge >= 0.3 is 0 Å². The zero-order valence-electron chi connectivity index (χ0n) is 16.1. The molecule has 6 nitrogen and oxygen atoms in total.